The second-order valence-electron chi connectivity index (χ2n) is 18.7. The predicted octanol–water partition coefficient (Wildman–Crippen LogP) is -4.88. The number of amides is 10. The van der Waals surface area contributed by atoms with E-state index in [4.69, 9.17) is 11.5 Å². The molecule has 2 rings (SSSR count). The maximum atomic E-state index is 13.9. The number of carboxylic acid groups (broad SMARTS) is 4. The van der Waals surface area contributed by atoms with Crippen LogP contribution >= 0.6 is 0 Å². The summed E-state index contributed by atoms with van der Waals surface area (Å²) in [6.45, 7) is 0.454. The second kappa shape index (κ2) is 36.9. The smallest absolute Gasteiger partial charge is 0.326 e. The summed E-state index contributed by atoms with van der Waals surface area (Å²) < 4.78 is 0. The van der Waals surface area contributed by atoms with Gasteiger partial charge in [0, 0.05) is 13.8 Å². The third-order valence-corrected chi connectivity index (χ3v) is 11.8. The van der Waals surface area contributed by atoms with Gasteiger partial charge in [0.2, 0.25) is 47.3 Å². The monoisotopic (exact) mass is 1190 g/mol. The van der Waals surface area contributed by atoms with Gasteiger partial charge >= 0.3 is 23.9 Å². The van der Waals surface area contributed by atoms with Crippen molar-refractivity contribution in [2.24, 2.45) is 11.5 Å². The molecule has 0 aliphatic carbocycles. The normalized spacial score (nSPS) is 13.6. The van der Waals surface area contributed by atoms with Crippen LogP contribution < -0.4 is 64.6 Å². The first-order valence-corrected chi connectivity index (χ1v) is 26.2. The van der Waals surface area contributed by atoms with E-state index in [0.717, 1.165) is 0 Å². The Kier molecular flexibility index (Phi) is 31.2. The van der Waals surface area contributed by atoms with E-state index in [1.54, 1.807) is 0 Å². The Morgan fingerprint density at radius 1 is 0.405 bits per heavy atom. The molecular formula is C50H72N14O20. The number of aromatic nitrogens is 2. The summed E-state index contributed by atoms with van der Waals surface area (Å²) in [4.78, 5) is 188. The minimum atomic E-state index is -2.05. The van der Waals surface area contributed by atoms with Crippen molar-refractivity contribution in [3.05, 3.63) is 47.8 Å². The maximum absolute atomic E-state index is 13.9. The van der Waals surface area contributed by atoms with Crippen molar-refractivity contribution < 1.29 is 97.8 Å². The van der Waals surface area contributed by atoms with E-state index in [0.29, 0.717) is 12.8 Å². The molecule has 2 aromatic rings. The van der Waals surface area contributed by atoms with E-state index in [-0.39, 0.29) is 74.6 Å². The molecule has 462 valence electrons. The van der Waals surface area contributed by atoms with Crippen molar-refractivity contribution in [1.82, 2.24) is 52.5 Å². The number of anilines is 2. The first-order chi connectivity index (χ1) is 39.7. The zero-order valence-electron chi connectivity index (χ0n) is 45.8. The highest BCUT2D eigenvalue weighted by Crippen LogP contribution is 2.13. The third-order valence-electron chi connectivity index (χ3n) is 11.8. The molecule has 2 aromatic heterocycles. The number of carbonyl (C=O) groups is 14. The average Bonchev–Trinajstić information content (AvgIpc) is 3.63. The van der Waals surface area contributed by atoms with Crippen molar-refractivity contribution >= 4 is 94.6 Å². The molecule has 0 spiro atoms. The van der Waals surface area contributed by atoms with Gasteiger partial charge in [-0.05, 0) is 88.7 Å². The molecule has 0 saturated heterocycles. The number of unbranched alkanes of at least 4 members (excludes halogenated alkanes) is 3. The lowest BCUT2D eigenvalue weighted by atomic mass is 10.0. The first-order valence-electron chi connectivity index (χ1n) is 26.2. The molecule has 0 aliphatic heterocycles. The Hall–Kier alpha value is -9.28. The number of aliphatic hydroxyl groups excluding tert-OH is 2. The molecule has 0 bridgehead atoms. The van der Waals surface area contributed by atoms with Gasteiger partial charge in [0.25, 0.3) is 11.8 Å². The van der Waals surface area contributed by atoms with E-state index in [2.05, 4.69) is 63.1 Å². The fourth-order valence-electron chi connectivity index (χ4n) is 7.61. The summed E-state index contributed by atoms with van der Waals surface area (Å²) in [5.74, 6) is -17.2. The zero-order chi connectivity index (χ0) is 63.1. The van der Waals surface area contributed by atoms with Crippen molar-refractivity contribution in [1.29, 1.82) is 0 Å². The van der Waals surface area contributed by atoms with E-state index >= 15 is 0 Å². The van der Waals surface area contributed by atoms with Crippen LogP contribution in [0.15, 0.2) is 36.4 Å². The molecule has 10 amide bonds. The van der Waals surface area contributed by atoms with Crippen molar-refractivity contribution in [3.63, 3.8) is 0 Å². The van der Waals surface area contributed by atoms with Gasteiger partial charge in [0.15, 0.2) is 0 Å². The molecular weight excluding hydrogens is 1120 g/mol. The minimum Gasteiger partial charge on any atom is -0.481 e. The van der Waals surface area contributed by atoms with Crippen LogP contribution in [-0.4, -0.2) is 198 Å². The molecule has 34 heteroatoms. The quantitative estimate of drug-likeness (QED) is 0.0279. The van der Waals surface area contributed by atoms with Crippen LogP contribution in [0, 0.1) is 0 Å². The number of aliphatic carboxylic acids is 4. The standard InChI is InChI=1S/C50H72N14O20/c1-25(67)53-37-17-9-15-27(55-37)41(73)63-35(23-65)47(79)61-33(21-39(69)70)45(77)57-29(43(75)59-31(49(81)82)13-5-7-19-51)11-3-4-12-30(44(76)60-32(50(83)84)14-6-8-20-52)58-46(78)34(22-40(71)72)62-48(80)36(24-66)64-42(74)28-16-10-18-38(56-28)54-26(2)68/h9-10,15-18,29-36,65-66H,3-8,11-14,19-24,51-52H2,1-2H3,(H,57,77)(H,58,78)(H,59,75)(H,60,76)(H,61,79)(H,62,80)(H,63,73)(H,64,74)(H,69,70)(H,71,72)(H,81,82)(H,83,84)(H,53,55,67)(H,54,56,68)/t29-,30-,31-,32-,33-,34-,35-,36-/m0/s1. The van der Waals surface area contributed by atoms with Crippen molar-refractivity contribution in [2.75, 3.05) is 36.9 Å². The number of rotatable bonds is 39. The number of pyridine rings is 2. The van der Waals surface area contributed by atoms with Gasteiger partial charge < -0.3 is 95.3 Å². The lowest BCUT2D eigenvalue weighted by molar-refractivity contribution is -0.143. The number of hydrogen-bond acceptors (Lipinski definition) is 20. The molecule has 8 atom stereocenters. The van der Waals surface area contributed by atoms with E-state index in [1.165, 1.54) is 50.2 Å². The van der Waals surface area contributed by atoms with Gasteiger partial charge in [-0.15, -0.1) is 0 Å². The molecule has 84 heavy (non-hydrogen) atoms. The van der Waals surface area contributed by atoms with Crippen LogP contribution in [0.2, 0.25) is 0 Å². The van der Waals surface area contributed by atoms with Crippen LogP contribution in [0.1, 0.15) is 112 Å². The summed E-state index contributed by atoms with van der Waals surface area (Å²) in [7, 11) is 0. The molecule has 2 heterocycles. The van der Waals surface area contributed by atoms with Crippen molar-refractivity contribution in [2.45, 2.75) is 139 Å². The summed E-state index contributed by atoms with van der Waals surface area (Å²) >= 11 is 0. The molecule has 0 fully saturated rings. The molecule has 0 aromatic carbocycles. The Morgan fingerprint density at radius 3 is 0.988 bits per heavy atom. The average molecular weight is 1190 g/mol. The lowest BCUT2D eigenvalue weighted by Gasteiger charge is -2.26. The summed E-state index contributed by atoms with van der Waals surface area (Å²) in [6, 6.07) is -6.75. The highest BCUT2D eigenvalue weighted by molar-refractivity contribution is 6.01. The van der Waals surface area contributed by atoms with Gasteiger partial charge in [-0.3, -0.25) is 57.5 Å². The molecule has 34 nitrogen and oxygen atoms in total. The Bertz CT molecular complexity index is 2500. The van der Waals surface area contributed by atoms with Gasteiger partial charge in [-0.25, -0.2) is 19.6 Å². The summed E-state index contributed by atoms with van der Waals surface area (Å²) in [5.41, 5.74) is 10.4. The predicted molar refractivity (Wildman–Crippen MR) is 289 cm³/mol. The largest absolute Gasteiger partial charge is 0.481 e. The number of nitrogens with zero attached hydrogens (tertiary/aromatic N) is 2. The Morgan fingerprint density at radius 2 is 0.690 bits per heavy atom. The van der Waals surface area contributed by atoms with Crippen LogP contribution in [0.4, 0.5) is 11.6 Å². The third kappa shape index (κ3) is 26.1. The van der Waals surface area contributed by atoms with Gasteiger partial charge in [0.05, 0.1) is 26.1 Å². The van der Waals surface area contributed by atoms with Gasteiger partial charge in [-0.1, -0.05) is 25.0 Å². The minimum absolute atomic E-state index is 0.0500. The van der Waals surface area contributed by atoms with E-state index in [9.17, 15) is 97.8 Å². The zero-order valence-corrected chi connectivity index (χ0v) is 45.8. The first kappa shape index (κ1) is 70.8. The number of nitrogens with one attached hydrogen (secondary N) is 10. The van der Waals surface area contributed by atoms with E-state index in [1.807, 2.05) is 0 Å². The van der Waals surface area contributed by atoms with Crippen LogP contribution in [-0.2, 0) is 57.5 Å². The Balaban J connectivity index is 2.50. The topological polar surface area (TPSA) is 558 Å². The molecule has 20 N–H and O–H groups in total. The SMILES string of the molecule is CC(=O)Nc1cccc(C(=O)N[C@@H](CO)C(=O)N[C@@H](CC(=O)O)C(=O)N[C@@H](CCCC[C@H](NC(=O)[C@H](CC(=O)O)NC(=O)[C@H](CO)NC(=O)c2cccc(NC(C)=O)n2)C(=O)N[C@@H](CCCCN)C(=O)O)C(=O)N[C@@H](CCCCN)C(=O)O)n1. The lowest BCUT2D eigenvalue weighted by Crippen LogP contribution is -2.59. The van der Waals surface area contributed by atoms with Gasteiger partial charge in [0.1, 0.15) is 71.4 Å². The van der Waals surface area contributed by atoms with E-state index < -0.39 is 170 Å². The summed E-state index contributed by atoms with van der Waals surface area (Å²) in [5, 5.41) is 81.8. The number of aliphatic hydroxyl groups is 2. The number of carbonyl (C=O) groups excluding carboxylic acids is 10. The Labute approximate surface area is 479 Å². The summed E-state index contributed by atoms with van der Waals surface area (Å²) in [6.07, 6.45) is -2.95. The van der Waals surface area contributed by atoms with Crippen LogP contribution in [0.5, 0.6) is 0 Å². The molecule has 0 radical (unpaired) electrons. The molecule has 0 aliphatic rings. The molecule has 0 saturated carbocycles. The van der Waals surface area contributed by atoms with Gasteiger partial charge in [-0.2, -0.15) is 0 Å². The highest BCUT2D eigenvalue weighted by Gasteiger charge is 2.35. The number of hydrogen-bond donors (Lipinski definition) is 18. The van der Waals surface area contributed by atoms with Crippen molar-refractivity contribution in [3.8, 4) is 0 Å². The number of carboxylic acids is 4. The highest BCUT2D eigenvalue weighted by atomic mass is 16.4. The second-order valence-corrected chi connectivity index (χ2v) is 18.7. The molecule has 0 unspecified atom stereocenters. The fraction of sp³-hybridized carbons (Fsp3) is 0.520. The van der Waals surface area contributed by atoms with Crippen LogP contribution in [0.25, 0.3) is 0 Å². The van der Waals surface area contributed by atoms with Crippen LogP contribution in [0.3, 0.4) is 0 Å². The number of nitrogens with two attached hydrogens (primary N) is 2. The fourth-order valence-corrected chi connectivity index (χ4v) is 7.61. The maximum Gasteiger partial charge on any atom is 0.326 e.